The predicted molar refractivity (Wildman–Crippen MR) is 45.0 cm³/mol. The van der Waals surface area contributed by atoms with E-state index in [2.05, 4.69) is 15.7 Å². The number of hydrogen-bond acceptors (Lipinski definition) is 3. The van der Waals surface area contributed by atoms with Gasteiger partial charge in [-0.25, -0.2) is 10.8 Å². The highest BCUT2D eigenvalue weighted by Gasteiger charge is 2.21. The Hall–Kier alpha value is -1.30. The first-order chi connectivity index (χ1) is 5.72. The molecule has 1 aliphatic carbocycles. The summed E-state index contributed by atoms with van der Waals surface area (Å²) in [4.78, 5) is 14.2. The van der Waals surface area contributed by atoms with Crippen molar-refractivity contribution in [3.05, 3.63) is 0 Å². The van der Waals surface area contributed by atoms with Gasteiger partial charge >= 0.3 is 0 Å². The molecule has 6 N–H and O–H groups in total. The van der Waals surface area contributed by atoms with Gasteiger partial charge in [0, 0.05) is 6.04 Å². The van der Waals surface area contributed by atoms with Gasteiger partial charge in [0.25, 0.3) is 0 Å². The third-order valence-corrected chi connectivity index (χ3v) is 1.45. The molecule has 0 unspecified atom stereocenters. The molecule has 1 amide bonds. The van der Waals surface area contributed by atoms with Gasteiger partial charge < -0.3 is 11.1 Å². The first-order valence-electron chi connectivity index (χ1n) is 3.78. The van der Waals surface area contributed by atoms with Crippen molar-refractivity contribution < 1.29 is 4.79 Å². The van der Waals surface area contributed by atoms with Crippen molar-refractivity contribution in [1.29, 1.82) is 0 Å². The maximum atomic E-state index is 10.3. The van der Waals surface area contributed by atoms with Crippen LogP contribution in [0, 0.1) is 0 Å². The molecular formula is C6H13N5O. The summed E-state index contributed by atoms with van der Waals surface area (Å²) in [6.07, 6.45) is 2.24. The van der Waals surface area contributed by atoms with Crippen molar-refractivity contribution in [3.8, 4) is 0 Å². The molecule has 0 bridgehead atoms. The lowest BCUT2D eigenvalue weighted by atomic mass is 10.6. The van der Waals surface area contributed by atoms with Gasteiger partial charge in [-0.3, -0.25) is 10.2 Å². The number of nitrogens with zero attached hydrogens (tertiary/aromatic N) is 1. The molecule has 0 atom stereocenters. The summed E-state index contributed by atoms with van der Waals surface area (Å²) < 4.78 is 0. The molecule has 0 heterocycles. The van der Waals surface area contributed by atoms with Gasteiger partial charge in [-0.05, 0) is 12.8 Å². The normalized spacial score (nSPS) is 17.2. The molecule has 0 saturated heterocycles. The Labute approximate surface area is 70.4 Å². The van der Waals surface area contributed by atoms with E-state index in [4.69, 9.17) is 11.6 Å². The van der Waals surface area contributed by atoms with Gasteiger partial charge in [0.2, 0.25) is 11.9 Å². The number of guanidine groups is 1. The molecule has 6 nitrogen and oxygen atoms in total. The van der Waals surface area contributed by atoms with Gasteiger partial charge in [-0.2, -0.15) is 0 Å². The lowest BCUT2D eigenvalue weighted by molar-refractivity contribution is -0.116. The van der Waals surface area contributed by atoms with Crippen LogP contribution in [0.1, 0.15) is 12.8 Å². The molecule has 6 heteroatoms. The van der Waals surface area contributed by atoms with Crippen LogP contribution in [-0.4, -0.2) is 24.5 Å². The SMILES string of the molecule is NNC(=NCC(N)=O)NC1CC1. The minimum Gasteiger partial charge on any atom is -0.368 e. The van der Waals surface area contributed by atoms with Crippen LogP contribution in [0.2, 0.25) is 0 Å². The number of amides is 1. The van der Waals surface area contributed by atoms with E-state index >= 15 is 0 Å². The Morgan fingerprint density at radius 3 is 2.67 bits per heavy atom. The maximum Gasteiger partial charge on any atom is 0.239 e. The largest absolute Gasteiger partial charge is 0.368 e. The standard InChI is InChI=1S/C6H13N5O/c7-5(12)3-9-6(11-8)10-4-1-2-4/h4H,1-3,8H2,(H2,7,12)(H2,9,10,11). The molecule has 1 saturated carbocycles. The third-order valence-electron chi connectivity index (χ3n) is 1.45. The van der Waals surface area contributed by atoms with E-state index in [1.54, 1.807) is 0 Å². The molecule has 0 radical (unpaired) electrons. The zero-order valence-electron chi connectivity index (χ0n) is 6.71. The molecule has 1 fully saturated rings. The van der Waals surface area contributed by atoms with Gasteiger partial charge in [-0.15, -0.1) is 0 Å². The minimum absolute atomic E-state index is 0.0424. The highest BCUT2D eigenvalue weighted by atomic mass is 16.1. The highest BCUT2D eigenvalue weighted by Crippen LogP contribution is 2.18. The molecule has 1 aliphatic rings. The van der Waals surface area contributed by atoms with Gasteiger partial charge in [-0.1, -0.05) is 0 Å². The van der Waals surface area contributed by atoms with E-state index in [9.17, 15) is 4.79 Å². The number of carbonyl (C=O) groups excluding carboxylic acids is 1. The van der Waals surface area contributed by atoms with Crippen LogP contribution >= 0.6 is 0 Å². The van der Waals surface area contributed by atoms with Crippen LogP contribution in [-0.2, 0) is 4.79 Å². The average Bonchev–Trinajstić information content (AvgIpc) is 2.81. The number of rotatable bonds is 3. The van der Waals surface area contributed by atoms with Gasteiger partial charge in [0.05, 0.1) is 0 Å². The van der Waals surface area contributed by atoms with Crippen molar-refractivity contribution in [3.63, 3.8) is 0 Å². The molecular weight excluding hydrogens is 158 g/mol. The first kappa shape index (κ1) is 8.79. The molecule has 12 heavy (non-hydrogen) atoms. The third kappa shape index (κ3) is 3.20. The number of nitrogens with one attached hydrogen (secondary N) is 2. The molecule has 0 aromatic carbocycles. The number of primary amides is 1. The number of hydrogen-bond donors (Lipinski definition) is 4. The van der Waals surface area contributed by atoms with Crippen LogP contribution in [0.3, 0.4) is 0 Å². The summed E-state index contributed by atoms with van der Waals surface area (Å²) in [7, 11) is 0. The predicted octanol–water partition coefficient (Wildman–Crippen LogP) is -1.96. The Morgan fingerprint density at radius 2 is 2.25 bits per heavy atom. The Kier molecular flexibility index (Phi) is 2.87. The van der Waals surface area contributed by atoms with Crippen LogP contribution in [0.5, 0.6) is 0 Å². The summed E-state index contributed by atoms with van der Waals surface area (Å²) in [6.45, 7) is -0.0424. The average molecular weight is 171 g/mol. The van der Waals surface area contributed by atoms with Crippen LogP contribution in [0.25, 0.3) is 0 Å². The summed E-state index contributed by atoms with van der Waals surface area (Å²) in [5.41, 5.74) is 7.26. The number of hydrazine groups is 1. The molecule has 0 aliphatic heterocycles. The Bertz CT molecular complexity index is 198. The minimum atomic E-state index is -0.472. The molecule has 0 aromatic heterocycles. The van der Waals surface area contributed by atoms with E-state index in [0.29, 0.717) is 12.0 Å². The van der Waals surface area contributed by atoms with Crippen molar-refractivity contribution in [2.24, 2.45) is 16.6 Å². The fraction of sp³-hybridized carbons (Fsp3) is 0.667. The lowest BCUT2D eigenvalue weighted by Gasteiger charge is -2.06. The van der Waals surface area contributed by atoms with Crippen LogP contribution in [0.4, 0.5) is 0 Å². The fourth-order valence-electron chi connectivity index (χ4n) is 0.711. The molecule has 1 rings (SSSR count). The van der Waals surface area contributed by atoms with E-state index in [-0.39, 0.29) is 6.54 Å². The first-order valence-corrected chi connectivity index (χ1v) is 3.78. The fourth-order valence-corrected chi connectivity index (χ4v) is 0.711. The van der Waals surface area contributed by atoms with Crippen molar-refractivity contribution in [2.75, 3.05) is 6.54 Å². The second kappa shape index (κ2) is 3.91. The van der Waals surface area contributed by atoms with Crippen molar-refractivity contribution in [2.45, 2.75) is 18.9 Å². The van der Waals surface area contributed by atoms with Gasteiger partial charge in [0.15, 0.2) is 0 Å². The highest BCUT2D eigenvalue weighted by molar-refractivity contribution is 5.84. The van der Waals surface area contributed by atoms with Gasteiger partial charge in [0.1, 0.15) is 6.54 Å². The molecule has 68 valence electrons. The Balaban J connectivity index is 2.30. The number of aliphatic imine (C=N–C) groups is 1. The van der Waals surface area contributed by atoms with E-state index in [0.717, 1.165) is 12.8 Å². The smallest absolute Gasteiger partial charge is 0.239 e. The zero-order chi connectivity index (χ0) is 8.97. The summed E-state index contributed by atoms with van der Waals surface area (Å²) in [6, 6.07) is 0.452. The van der Waals surface area contributed by atoms with Crippen LogP contribution in [0.15, 0.2) is 4.99 Å². The van der Waals surface area contributed by atoms with Crippen molar-refractivity contribution >= 4 is 11.9 Å². The zero-order valence-corrected chi connectivity index (χ0v) is 6.71. The maximum absolute atomic E-state index is 10.3. The second-order valence-electron chi connectivity index (χ2n) is 2.69. The van der Waals surface area contributed by atoms with E-state index < -0.39 is 5.91 Å². The molecule has 0 aromatic rings. The summed E-state index contributed by atoms with van der Waals surface area (Å²) in [5.74, 6) is 5.09. The quantitative estimate of drug-likeness (QED) is 0.171. The summed E-state index contributed by atoms with van der Waals surface area (Å²) >= 11 is 0. The van der Waals surface area contributed by atoms with E-state index in [1.807, 2.05) is 0 Å². The second-order valence-corrected chi connectivity index (χ2v) is 2.69. The number of carbonyl (C=O) groups is 1. The summed E-state index contributed by atoms with van der Waals surface area (Å²) in [5, 5.41) is 3.00. The van der Waals surface area contributed by atoms with Crippen molar-refractivity contribution in [1.82, 2.24) is 10.7 Å². The van der Waals surface area contributed by atoms with Crippen LogP contribution < -0.4 is 22.3 Å². The topological polar surface area (TPSA) is 106 Å². The lowest BCUT2D eigenvalue weighted by Crippen LogP contribution is -2.43. The van der Waals surface area contributed by atoms with E-state index in [1.165, 1.54) is 0 Å². The molecule has 0 spiro atoms. The number of nitrogens with two attached hydrogens (primary N) is 2. The monoisotopic (exact) mass is 171 g/mol. The Morgan fingerprint density at radius 1 is 1.58 bits per heavy atom.